The SMILES string of the molecule is O=C1NCc2ncc(-c3ccc(S(=O)(=O)N4CC[C@@H](Nc5ccc(C(F)(F)F)cn5)[C@@H](O)C4)cc3)cc21. The summed E-state index contributed by atoms with van der Waals surface area (Å²) < 4.78 is 65.7. The molecule has 0 aliphatic carbocycles. The van der Waals surface area contributed by atoms with Crippen molar-refractivity contribution in [2.75, 3.05) is 18.4 Å². The van der Waals surface area contributed by atoms with Crippen molar-refractivity contribution in [3.63, 3.8) is 0 Å². The zero-order chi connectivity index (χ0) is 26.4. The predicted octanol–water partition coefficient (Wildman–Crippen LogP) is 2.64. The highest BCUT2D eigenvalue weighted by molar-refractivity contribution is 7.89. The largest absolute Gasteiger partial charge is 0.417 e. The number of pyridine rings is 2. The van der Waals surface area contributed by atoms with E-state index in [0.717, 1.165) is 6.07 Å². The molecule has 2 atom stereocenters. The number of piperidine rings is 1. The summed E-state index contributed by atoms with van der Waals surface area (Å²) in [5.74, 6) is -0.0448. The Balaban J connectivity index is 1.25. The monoisotopic (exact) mass is 533 g/mol. The van der Waals surface area contributed by atoms with Gasteiger partial charge in [0.15, 0.2) is 0 Å². The molecule has 37 heavy (non-hydrogen) atoms. The minimum absolute atomic E-state index is 0.0473. The van der Waals surface area contributed by atoms with Crippen LogP contribution >= 0.6 is 0 Å². The van der Waals surface area contributed by atoms with Crippen molar-refractivity contribution in [3.8, 4) is 11.1 Å². The van der Waals surface area contributed by atoms with Crippen molar-refractivity contribution in [3.05, 3.63) is 71.7 Å². The second-order valence-corrected chi connectivity index (χ2v) is 10.8. The standard InChI is InChI=1S/C24H22F3N5O4S/c25-24(26,27)16-3-6-22(29-11-16)31-19-7-8-32(13-21(19)33)37(35,36)17-4-1-14(2-5-17)15-9-18-20(28-10-15)12-30-23(18)34/h1-6,9-11,19,21,33H,7-8,12-13H2,(H,29,31)(H,30,34)/t19-,21+/m1/s1. The molecule has 2 aliphatic heterocycles. The molecule has 1 amide bonds. The number of amides is 1. The number of aromatic nitrogens is 2. The Morgan fingerprint density at radius 3 is 2.46 bits per heavy atom. The molecule has 9 nitrogen and oxygen atoms in total. The molecule has 4 heterocycles. The van der Waals surface area contributed by atoms with E-state index in [1.807, 2.05) is 0 Å². The van der Waals surface area contributed by atoms with Gasteiger partial charge in [0, 0.05) is 31.0 Å². The molecule has 0 saturated carbocycles. The molecule has 2 aromatic heterocycles. The van der Waals surface area contributed by atoms with Gasteiger partial charge in [-0.25, -0.2) is 13.4 Å². The highest BCUT2D eigenvalue weighted by Crippen LogP contribution is 2.30. The molecule has 3 N–H and O–H groups in total. The highest BCUT2D eigenvalue weighted by atomic mass is 32.2. The number of sulfonamides is 1. The topological polar surface area (TPSA) is 125 Å². The highest BCUT2D eigenvalue weighted by Gasteiger charge is 2.35. The van der Waals surface area contributed by atoms with Gasteiger partial charge >= 0.3 is 6.18 Å². The van der Waals surface area contributed by atoms with Crippen LogP contribution in [0.15, 0.2) is 59.8 Å². The Kier molecular flexibility index (Phi) is 6.38. The number of alkyl halides is 3. The van der Waals surface area contributed by atoms with Crippen molar-refractivity contribution >= 4 is 21.7 Å². The summed E-state index contributed by atoms with van der Waals surface area (Å²) in [6.45, 7) is 0.292. The van der Waals surface area contributed by atoms with Crippen LogP contribution in [0.25, 0.3) is 11.1 Å². The predicted molar refractivity (Wildman–Crippen MR) is 127 cm³/mol. The van der Waals surface area contributed by atoms with Gasteiger partial charge in [-0.15, -0.1) is 0 Å². The molecule has 1 fully saturated rings. The van der Waals surface area contributed by atoms with Crippen LogP contribution in [0.5, 0.6) is 0 Å². The van der Waals surface area contributed by atoms with E-state index in [1.165, 1.54) is 22.5 Å². The summed E-state index contributed by atoms with van der Waals surface area (Å²) in [5.41, 5.74) is 1.65. The number of carbonyl (C=O) groups is 1. The number of halogens is 3. The van der Waals surface area contributed by atoms with E-state index < -0.39 is 33.9 Å². The number of fused-ring (bicyclic) bond motifs is 1. The summed E-state index contributed by atoms with van der Waals surface area (Å²) >= 11 is 0. The molecule has 3 aromatic rings. The number of hydrogen-bond acceptors (Lipinski definition) is 7. The van der Waals surface area contributed by atoms with Crippen LogP contribution in [-0.2, 0) is 22.7 Å². The van der Waals surface area contributed by atoms with E-state index in [0.29, 0.717) is 35.1 Å². The molecule has 0 unspecified atom stereocenters. The Bertz CT molecular complexity index is 1430. The molecule has 2 aliphatic rings. The fourth-order valence-electron chi connectivity index (χ4n) is 4.34. The number of aliphatic hydroxyl groups is 1. The number of rotatable bonds is 5. The smallest absolute Gasteiger partial charge is 0.390 e. The maximum absolute atomic E-state index is 13.2. The lowest BCUT2D eigenvalue weighted by Gasteiger charge is -2.35. The van der Waals surface area contributed by atoms with Crippen molar-refractivity contribution in [2.24, 2.45) is 0 Å². The van der Waals surface area contributed by atoms with Crippen molar-refractivity contribution in [1.82, 2.24) is 19.6 Å². The van der Waals surface area contributed by atoms with Gasteiger partial charge in [-0.1, -0.05) is 12.1 Å². The molecule has 5 rings (SSSR count). The molecule has 0 radical (unpaired) electrons. The van der Waals surface area contributed by atoms with Gasteiger partial charge in [0.2, 0.25) is 10.0 Å². The van der Waals surface area contributed by atoms with Crippen LogP contribution in [0.1, 0.15) is 28.0 Å². The minimum Gasteiger partial charge on any atom is -0.390 e. The summed E-state index contributed by atoms with van der Waals surface area (Å²) in [5, 5.41) is 16.2. The first-order valence-corrected chi connectivity index (χ1v) is 12.8. The normalized spacial score (nSPS) is 20.4. The maximum atomic E-state index is 13.2. The average molecular weight is 534 g/mol. The molecule has 13 heteroatoms. The molecular weight excluding hydrogens is 511 g/mol. The van der Waals surface area contributed by atoms with Gasteiger partial charge < -0.3 is 15.7 Å². The van der Waals surface area contributed by atoms with Crippen LogP contribution < -0.4 is 10.6 Å². The number of aliphatic hydroxyl groups excluding tert-OH is 1. The van der Waals surface area contributed by atoms with Gasteiger partial charge in [-0.3, -0.25) is 9.78 Å². The molecule has 194 valence electrons. The third-order valence-electron chi connectivity index (χ3n) is 6.43. The van der Waals surface area contributed by atoms with E-state index >= 15 is 0 Å². The number of carbonyl (C=O) groups excluding carboxylic acids is 1. The van der Waals surface area contributed by atoms with Crippen molar-refractivity contribution < 1.29 is 31.5 Å². The van der Waals surface area contributed by atoms with Crippen LogP contribution in [0.2, 0.25) is 0 Å². The number of nitrogens with zero attached hydrogens (tertiary/aromatic N) is 3. The third-order valence-corrected chi connectivity index (χ3v) is 8.30. The fraction of sp³-hybridized carbons (Fsp3) is 0.292. The lowest BCUT2D eigenvalue weighted by atomic mass is 10.0. The van der Waals surface area contributed by atoms with E-state index in [2.05, 4.69) is 20.6 Å². The maximum Gasteiger partial charge on any atom is 0.417 e. The Labute approximate surface area is 210 Å². The Morgan fingerprint density at radius 2 is 1.81 bits per heavy atom. The lowest BCUT2D eigenvalue weighted by Crippen LogP contribution is -2.51. The molecular formula is C24H22F3N5O4S. The van der Waals surface area contributed by atoms with Crippen LogP contribution in [0.4, 0.5) is 19.0 Å². The third kappa shape index (κ3) is 5.02. The molecule has 1 aromatic carbocycles. The number of β-amino-alcohol motifs (C(OH)–C–C–N with tert-alkyl or cyclic N) is 1. The molecule has 1 saturated heterocycles. The summed E-state index contributed by atoms with van der Waals surface area (Å²) in [7, 11) is -3.91. The number of anilines is 1. The zero-order valence-corrected chi connectivity index (χ0v) is 20.1. The zero-order valence-electron chi connectivity index (χ0n) is 19.2. The number of benzene rings is 1. The first kappa shape index (κ1) is 25.1. The van der Waals surface area contributed by atoms with Gasteiger partial charge in [0.25, 0.3) is 5.91 Å². The first-order valence-electron chi connectivity index (χ1n) is 11.4. The van der Waals surface area contributed by atoms with Crippen molar-refractivity contribution in [1.29, 1.82) is 0 Å². The summed E-state index contributed by atoms with van der Waals surface area (Å²) in [6.07, 6.45) is -3.05. The van der Waals surface area contributed by atoms with E-state index in [9.17, 15) is 31.5 Å². The van der Waals surface area contributed by atoms with Gasteiger partial charge in [0.1, 0.15) is 5.82 Å². The van der Waals surface area contributed by atoms with Crippen LogP contribution in [0.3, 0.4) is 0 Å². The number of nitrogens with one attached hydrogen (secondary N) is 2. The average Bonchev–Trinajstić information content (AvgIpc) is 3.25. The van der Waals surface area contributed by atoms with Gasteiger partial charge in [-0.2, -0.15) is 17.5 Å². The Morgan fingerprint density at radius 1 is 1.05 bits per heavy atom. The quantitative estimate of drug-likeness (QED) is 0.461. The molecule has 0 spiro atoms. The molecule has 0 bridgehead atoms. The lowest BCUT2D eigenvalue weighted by molar-refractivity contribution is -0.137. The minimum atomic E-state index is -4.50. The van der Waals surface area contributed by atoms with E-state index in [4.69, 9.17) is 0 Å². The first-order chi connectivity index (χ1) is 17.5. The van der Waals surface area contributed by atoms with Crippen LogP contribution in [-0.4, -0.2) is 58.9 Å². The van der Waals surface area contributed by atoms with Gasteiger partial charge in [-0.05, 0) is 42.3 Å². The van der Waals surface area contributed by atoms with E-state index in [-0.39, 0.29) is 36.1 Å². The van der Waals surface area contributed by atoms with Gasteiger partial charge in [0.05, 0.1) is 40.4 Å². The Hall–Kier alpha value is -3.55. The fourth-order valence-corrected chi connectivity index (χ4v) is 5.82. The summed E-state index contributed by atoms with van der Waals surface area (Å²) in [6, 6.07) is 9.37. The van der Waals surface area contributed by atoms with E-state index in [1.54, 1.807) is 24.4 Å². The number of hydrogen-bond donors (Lipinski definition) is 3. The van der Waals surface area contributed by atoms with Crippen molar-refractivity contribution in [2.45, 2.75) is 36.2 Å². The van der Waals surface area contributed by atoms with Crippen LogP contribution in [0, 0.1) is 0 Å². The second kappa shape index (κ2) is 9.39. The summed E-state index contributed by atoms with van der Waals surface area (Å²) in [4.78, 5) is 20.0. The second-order valence-electron chi connectivity index (χ2n) is 8.83.